The van der Waals surface area contributed by atoms with Crippen LogP contribution in [0.1, 0.15) is 27.0 Å². The fraction of sp³-hybridized carbons (Fsp3) is 0.154. The van der Waals surface area contributed by atoms with Crippen LogP contribution in [0.2, 0.25) is 0 Å². The molecule has 0 aliphatic rings. The van der Waals surface area contributed by atoms with Crippen molar-refractivity contribution in [1.82, 2.24) is 29.4 Å². The molecule has 15 heteroatoms. The highest BCUT2D eigenvalue weighted by Crippen LogP contribution is 2.30. The lowest BCUT2D eigenvalue weighted by Gasteiger charge is -2.12. The van der Waals surface area contributed by atoms with Crippen LogP contribution < -0.4 is 15.0 Å². The molecule has 0 saturated heterocycles. The molecule has 0 aliphatic carbocycles. The van der Waals surface area contributed by atoms with Crippen LogP contribution >= 0.6 is 11.8 Å². The largest absolute Gasteiger partial charge is 0.497 e. The molecule has 210 valence electrons. The van der Waals surface area contributed by atoms with E-state index in [1.165, 1.54) is 24.5 Å². The van der Waals surface area contributed by atoms with Crippen molar-refractivity contribution < 1.29 is 32.5 Å². The Hall–Kier alpha value is -4.92. The molecule has 0 bridgehead atoms. The van der Waals surface area contributed by atoms with Crippen molar-refractivity contribution in [3.63, 3.8) is 0 Å². The number of aromatic nitrogens is 6. The van der Waals surface area contributed by atoms with Crippen LogP contribution in [-0.2, 0) is 18.5 Å². The average molecular weight is 585 g/mol. The van der Waals surface area contributed by atoms with Gasteiger partial charge in [-0.25, -0.2) is 19.3 Å². The molecule has 0 fully saturated rings. The van der Waals surface area contributed by atoms with E-state index in [4.69, 9.17) is 9.47 Å². The molecule has 0 saturated carbocycles. The van der Waals surface area contributed by atoms with E-state index < -0.39 is 23.3 Å². The van der Waals surface area contributed by atoms with Gasteiger partial charge in [-0.15, -0.1) is 9.73 Å². The molecule has 3 aromatic heterocycles. The summed E-state index contributed by atoms with van der Waals surface area (Å²) in [5.41, 5.74) is -0.827. The highest BCUT2D eigenvalue weighted by atomic mass is 32.2. The van der Waals surface area contributed by atoms with Gasteiger partial charge >= 0.3 is 12.1 Å². The minimum Gasteiger partial charge on any atom is -0.497 e. The minimum atomic E-state index is -4.47. The first-order chi connectivity index (χ1) is 19.6. The number of carboxylic acid groups (broad SMARTS) is 1. The number of nitrogens with zero attached hydrogens (tertiary/aromatic N) is 6. The summed E-state index contributed by atoms with van der Waals surface area (Å²) in [7, 11) is 1.56. The third-order valence-corrected chi connectivity index (χ3v) is 6.80. The normalized spacial score (nSPS) is 11.5. The topological polar surface area (TPSA) is 134 Å². The third-order valence-electron chi connectivity index (χ3n) is 5.80. The Morgan fingerprint density at radius 3 is 2.32 bits per heavy atom. The smallest absolute Gasteiger partial charge is 0.416 e. The van der Waals surface area contributed by atoms with Crippen LogP contribution in [0.25, 0.3) is 11.3 Å². The molecular formula is C26H19F3N6O5S. The molecule has 0 unspecified atom stereocenters. The summed E-state index contributed by atoms with van der Waals surface area (Å²) in [4.78, 5) is 33.7. The van der Waals surface area contributed by atoms with Gasteiger partial charge in [0, 0.05) is 5.75 Å². The van der Waals surface area contributed by atoms with Gasteiger partial charge in [0.1, 0.15) is 17.9 Å². The summed E-state index contributed by atoms with van der Waals surface area (Å²) in [6, 6.07) is 11.8. The Kier molecular flexibility index (Phi) is 7.61. The van der Waals surface area contributed by atoms with Gasteiger partial charge in [-0.3, -0.25) is 4.79 Å². The summed E-state index contributed by atoms with van der Waals surface area (Å²) in [6.45, 7) is 0.192. The highest BCUT2D eigenvalue weighted by Gasteiger charge is 2.30. The Morgan fingerprint density at radius 1 is 1.00 bits per heavy atom. The predicted octanol–water partition coefficient (Wildman–Crippen LogP) is 4.27. The number of carboxylic acids is 1. The van der Waals surface area contributed by atoms with Gasteiger partial charge in [-0.2, -0.15) is 18.3 Å². The minimum absolute atomic E-state index is 0.0225. The summed E-state index contributed by atoms with van der Waals surface area (Å²) in [6.07, 6.45) is -0.900. The molecule has 0 atom stereocenters. The maximum atomic E-state index is 13.5. The van der Waals surface area contributed by atoms with Crippen LogP contribution in [0.5, 0.6) is 11.6 Å². The molecule has 3 heterocycles. The summed E-state index contributed by atoms with van der Waals surface area (Å²) in [5.74, 6) is -0.343. The molecular weight excluding hydrogens is 565 g/mol. The van der Waals surface area contributed by atoms with Gasteiger partial charge in [-0.1, -0.05) is 36.0 Å². The van der Waals surface area contributed by atoms with Gasteiger partial charge in [-0.05, 0) is 35.4 Å². The number of rotatable bonds is 9. The monoisotopic (exact) mass is 584 g/mol. The van der Waals surface area contributed by atoms with E-state index in [9.17, 15) is 27.9 Å². The van der Waals surface area contributed by atoms with Crippen LogP contribution in [0.15, 0.2) is 77.1 Å². The molecule has 0 aliphatic heterocycles. The molecule has 11 nitrogen and oxygen atoms in total. The van der Waals surface area contributed by atoms with Crippen LogP contribution in [0.4, 0.5) is 13.2 Å². The van der Waals surface area contributed by atoms with Crippen molar-refractivity contribution >= 4 is 23.2 Å². The molecule has 2 aromatic carbocycles. The van der Waals surface area contributed by atoms with Crippen molar-refractivity contribution in [2.24, 2.45) is 0 Å². The Bertz CT molecular complexity index is 1760. The number of thioether (sulfide) groups is 1. The second-order valence-electron chi connectivity index (χ2n) is 8.46. The lowest BCUT2D eigenvalue weighted by atomic mass is 10.1. The number of methoxy groups -OCH3 is 1. The molecule has 0 amide bonds. The summed E-state index contributed by atoms with van der Waals surface area (Å²) in [5, 5.41) is 17.7. The lowest BCUT2D eigenvalue weighted by Crippen LogP contribution is -2.26. The summed E-state index contributed by atoms with van der Waals surface area (Å²) >= 11 is 1.02. The van der Waals surface area contributed by atoms with Crippen molar-refractivity contribution in [2.45, 2.75) is 23.7 Å². The van der Waals surface area contributed by atoms with E-state index >= 15 is 0 Å². The van der Waals surface area contributed by atoms with E-state index in [-0.39, 0.29) is 40.3 Å². The van der Waals surface area contributed by atoms with E-state index in [1.54, 1.807) is 19.2 Å². The number of benzene rings is 2. The average Bonchev–Trinajstić information content (AvgIpc) is 3.40. The van der Waals surface area contributed by atoms with Crippen molar-refractivity contribution in [3.8, 4) is 17.4 Å². The van der Waals surface area contributed by atoms with E-state index in [2.05, 4.69) is 20.2 Å². The zero-order chi connectivity index (χ0) is 29.1. The van der Waals surface area contributed by atoms with Crippen LogP contribution in [0, 0.1) is 0 Å². The number of hydrogen-bond donors (Lipinski definition) is 1. The Morgan fingerprint density at radius 2 is 1.71 bits per heavy atom. The maximum absolute atomic E-state index is 13.5. The molecule has 5 aromatic rings. The lowest BCUT2D eigenvalue weighted by molar-refractivity contribution is -0.137. The van der Waals surface area contributed by atoms with Gasteiger partial charge in [0.15, 0.2) is 16.5 Å². The first kappa shape index (κ1) is 27.6. The summed E-state index contributed by atoms with van der Waals surface area (Å²) < 4.78 is 51.5. The first-order valence-electron chi connectivity index (χ1n) is 11.8. The number of carbonyl (C=O) groups is 1. The van der Waals surface area contributed by atoms with Gasteiger partial charge in [0.25, 0.3) is 5.56 Å². The van der Waals surface area contributed by atoms with Crippen LogP contribution in [0.3, 0.4) is 0 Å². The van der Waals surface area contributed by atoms with Gasteiger partial charge < -0.3 is 14.6 Å². The standard InChI is InChI=1S/C26H19F3N6O5S/c1-39-18-8-4-15(5-9-18)13-40-21-12-30-20(11-31-21)34-23(36)22-19(24(37)38)10-32-35(22)33-25(34)41-14-16-2-6-17(7-3-16)26(27,28)29/h2-12H,13-14H2,1H3,(H,37,38). The fourth-order valence-electron chi connectivity index (χ4n) is 3.70. The zero-order valence-corrected chi connectivity index (χ0v) is 21.9. The van der Waals surface area contributed by atoms with E-state index in [1.807, 2.05) is 12.1 Å². The Labute approximate surface area is 233 Å². The van der Waals surface area contributed by atoms with Gasteiger partial charge in [0.2, 0.25) is 5.88 Å². The zero-order valence-electron chi connectivity index (χ0n) is 21.1. The number of hydrogen-bond acceptors (Lipinski definition) is 9. The fourth-order valence-corrected chi connectivity index (χ4v) is 4.63. The SMILES string of the molecule is COc1ccc(COc2cnc(-n3c(SCc4ccc(C(F)(F)F)cc4)nn4ncc(C(=O)O)c4c3=O)cn2)cc1. The van der Waals surface area contributed by atoms with Crippen molar-refractivity contribution in [3.05, 3.63) is 99.7 Å². The predicted molar refractivity (Wildman–Crippen MR) is 139 cm³/mol. The molecule has 0 spiro atoms. The Balaban J connectivity index is 1.44. The van der Waals surface area contributed by atoms with Crippen LogP contribution in [-0.4, -0.2) is 47.5 Å². The molecule has 1 N–H and O–H groups in total. The second kappa shape index (κ2) is 11.3. The van der Waals surface area contributed by atoms with Crippen molar-refractivity contribution in [1.29, 1.82) is 0 Å². The van der Waals surface area contributed by atoms with E-state index in [0.29, 0.717) is 11.3 Å². The maximum Gasteiger partial charge on any atom is 0.416 e. The number of alkyl halides is 3. The number of aromatic carboxylic acids is 1. The third kappa shape index (κ3) is 5.99. The number of ether oxygens (including phenoxy) is 2. The molecule has 41 heavy (non-hydrogen) atoms. The molecule has 5 rings (SSSR count). The number of fused-ring (bicyclic) bond motifs is 1. The van der Waals surface area contributed by atoms with Gasteiger partial charge in [0.05, 0.1) is 31.3 Å². The number of halogens is 3. The second-order valence-corrected chi connectivity index (χ2v) is 9.40. The van der Waals surface area contributed by atoms with Crippen molar-refractivity contribution in [2.75, 3.05) is 7.11 Å². The van der Waals surface area contributed by atoms with E-state index in [0.717, 1.165) is 44.9 Å². The quantitative estimate of drug-likeness (QED) is 0.251. The first-order valence-corrected chi connectivity index (χ1v) is 12.7. The molecule has 0 radical (unpaired) electrons. The highest BCUT2D eigenvalue weighted by molar-refractivity contribution is 7.98.